The van der Waals surface area contributed by atoms with Crippen molar-refractivity contribution in [1.29, 1.82) is 0 Å². The van der Waals surface area contributed by atoms with Crippen molar-refractivity contribution in [1.82, 2.24) is 19.6 Å². The molecule has 0 fully saturated rings. The molecular weight excluding hydrogens is 366 g/mol. The number of hydrogen-bond donors (Lipinski definition) is 1. The summed E-state index contributed by atoms with van der Waals surface area (Å²) in [5, 5.41) is 11.1. The number of rotatable bonds is 6. The summed E-state index contributed by atoms with van der Waals surface area (Å²) in [6.07, 6.45) is 3.65. The van der Waals surface area contributed by atoms with Crippen molar-refractivity contribution >= 4 is 33.5 Å². The van der Waals surface area contributed by atoms with Gasteiger partial charge in [0.2, 0.25) is 5.91 Å². The Kier molecular flexibility index (Phi) is 5.54. The van der Waals surface area contributed by atoms with E-state index in [9.17, 15) is 9.59 Å². The average molecular weight is 384 g/mol. The van der Waals surface area contributed by atoms with Gasteiger partial charge in [-0.1, -0.05) is 0 Å². The summed E-state index contributed by atoms with van der Waals surface area (Å²) in [7, 11) is 1.27. The van der Waals surface area contributed by atoms with Crippen LogP contribution in [0.5, 0.6) is 0 Å². The maximum Gasteiger partial charge on any atom is 0.360 e. The molecule has 0 radical (unpaired) electrons. The van der Waals surface area contributed by atoms with Crippen molar-refractivity contribution in [2.45, 2.75) is 33.4 Å². The highest BCUT2D eigenvalue weighted by Crippen LogP contribution is 2.16. The number of nitrogens with zero attached hydrogens (tertiary/aromatic N) is 4. The molecule has 0 spiro atoms. The van der Waals surface area contributed by atoms with E-state index < -0.39 is 5.97 Å². The van der Waals surface area contributed by atoms with Crippen molar-refractivity contribution in [3.05, 3.63) is 28.3 Å². The zero-order valence-corrected chi connectivity index (χ0v) is 14.8. The molecule has 0 aliphatic carbocycles. The number of hydrogen-bond acceptors (Lipinski definition) is 5. The zero-order valence-electron chi connectivity index (χ0n) is 13.2. The first kappa shape index (κ1) is 17.2. The number of anilines is 1. The summed E-state index contributed by atoms with van der Waals surface area (Å²) in [5.41, 5.74) is 1.31. The van der Waals surface area contributed by atoms with Crippen LogP contribution in [0.2, 0.25) is 0 Å². The molecule has 9 heteroatoms. The monoisotopic (exact) mass is 383 g/mol. The lowest BCUT2D eigenvalue weighted by molar-refractivity contribution is -0.116. The highest BCUT2D eigenvalue weighted by Gasteiger charge is 2.19. The first-order chi connectivity index (χ1) is 10.9. The van der Waals surface area contributed by atoms with E-state index in [0.29, 0.717) is 18.8 Å². The van der Waals surface area contributed by atoms with Crippen LogP contribution in [0.3, 0.4) is 0 Å². The third-order valence-corrected chi connectivity index (χ3v) is 3.97. The topological polar surface area (TPSA) is 91.0 Å². The fraction of sp³-hybridized carbons (Fsp3) is 0.429. The lowest BCUT2D eigenvalue weighted by Crippen LogP contribution is -2.16. The maximum atomic E-state index is 12.1. The molecule has 0 aliphatic rings. The van der Waals surface area contributed by atoms with Crippen LogP contribution in [-0.2, 0) is 22.6 Å². The molecule has 124 valence electrons. The fourth-order valence-electron chi connectivity index (χ4n) is 1.96. The molecule has 0 saturated heterocycles. The molecule has 0 unspecified atom stereocenters. The number of halogens is 1. The number of carbonyl (C=O) groups excluding carboxylic acids is 2. The van der Waals surface area contributed by atoms with E-state index in [4.69, 9.17) is 0 Å². The second-order valence-electron chi connectivity index (χ2n) is 4.86. The fourth-order valence-corrected chi connectivity index (χ4v) is 2.27. The van der Waals surface area contributed by atoms with Crippen LogP contribution < -0.4 is 5.32 Å². The summed E-state index contributed by atoms with van der Waals surface area (Å²) in [4.78, 5) is 23.8. The third-order valence-electron chi connectivity index (χ3n) is 3.19. The second-order valence-corrected chi connectivity index (χ2v) is 5.72. The van der Waals surface area contributed by atoms with Gasteiger partial charge < -0.3 is 10.1 Å². The Balaban J connectivity index is 2.02. The highest BCUT2D eigenvalue weighted by molar-refractivity contribution is 9.10. The predicted molar refractivity (Wildman–Crippen MR) is 87.2 cm³/mol. The van der Waals surface area contributed by atoms with Gasteiger partial charge in [0.25, 0.3) is 0 Å². The molecule has 1 N–H and O–H groups in total. The Morgan fingerprint density at radius 2 is 2.04 bits per heavy atom. The van der Waals surface area contributed by atoms with Gasteiger partial charge in [-0.05, 0) is 29.8 Å². The minimum atomic E-state index is -0.584. The first-order valence-electron chi connectivity index (χ1n) is 7.09. The van der Waals surface area contributed by atoms with E-state index in [-0.39, 0.29) is 18.0 Å². The van der Waals surface area contributed by atoms with E-state index in [0.717, 1.165) is 10.2 Å². The summed E-state index contributed by atoms with van der Waals surface area (Å²) >= 11 is 3.37. The normalized spacial score (nSPS) is 10.6. The van der Waals surface area contributed by atoms with E-state index in [2.05, 4.69) is 36.2 Å². The van der Waals surface area contributed by atoms with Crippen LogP contribution in [0, 0.1) is 6.92 Å². The molecule has 2 heterocycles. The second kappa shape index (κ2) is 7.40. The smallest absolute Gasteiger partial charge is 0.360 e. The largest absolute Gasteiger partial charge is 0.464 e. The molecule has 0 bridgehead atoms. The number of ether oxygens (including phenoxy) is 1. The molecule has 2 aromatic heterocycles. The molecule has 2 aromatic rings. The van der Waals surface area contributed by atoms with Crippen molar-refractivity contribution in [3.63, 3.8) is 0 Å². The average Bonchev–Trinajstić information content (AvgIpc) is 3.08. The number of methoxy groups -OCH3 is 1. The Hall–Kier alpha value is -2.16. The van der Waals surface area contributed by atoms with Gasteiger partial charge in [0.15, 0.2) is 5.69 Å². The minimum Gasteiger partial charge on any atom is -0.464 e. The molecule has 0 saturated carbocycles. The van der Waals surface area contributed by atoms with Crippen molar-refractivity contribution in [2.75, 3.05) is 12.4 Å². The molecule has 0 aromatic carbocycles. The minimum absolute atomic E-state index is 0.0976. The quantitative estimate of drug-likeness (QED) is 0.770. The number of nitrogens with one attached hydrogen (secondary N) is 1. The zero-order chi connectivity index (χ0) is 17.0. The van der Waals surface area contributed by atoms with Gasteiger partial charge in [-0.3, -0.25) is 14.2 Å². The molecular formula is C14H18BrN5O3. The Morgan fingerprint density at radius 1 is 1.30 bits per heavy atom. The van der Waals surface area contributed by atoms with Crippen LogP contribution >= 0.6 is 15.9 Å². The number of esters is 1. The highest BCUT2D eigenvalue weighted by atomic mass is 79.9. The van der Waals surface area contributed by atoms with Gasteiger partial charge in [-0.2, -0.15) is 10.2 Å². The van der Waals surface area contributed by atoms with Crippen LogP contribution in [0.15, 0.2) is 16.9 Å². The molecule has 1 amide bonds. The number of carbonyl (C=O) groups is 2. The Bertz CT molecular complexity index is 703. The van der Waals surface area contributed by atoms with Gasteiger partial charge in [-0.15, -0.1) is 0 Å². The van der Waals surface area contributed by atoms with Crippen molar-refractivity contribution < 1.29 is 14.3 Å². The van der Waals surface area contributed by atoms with Crippen LogP contribution in [-0.4, -0.2) is 38.5 Å². The summed E-state index contributed by atoms with van der Waals surface area (Å²) in [6, 6.07) is 0. The van der Waals surface area contributed by atoms with Crippen LogP contribution in [0.1, 0.15) is 29.5 Å². The summed E-state index contributed by atoms with van der Waals surface area (Å²) in [6.45, 7) is 4.79. The summed E-state index contributed by atoms with van der Waals surface area (Å²) in [5.74, 6) is -0.811. The van der Waals surface area contributed by atoms with E-state index in [1.807, 2.05) is 20.0 Å². The maximum absolute atomic E-state index is 12.1. The lowest BCUT2D eigenvalue weighted by atomic mass is 10.3. The first-order valence-corrected chi connectivity index (χ1v) is 7.89. The van der Waals surface area contributed by atoms with Gasteiger partial charge >= 0.3 is 5.97 Å². The van der Waals surface area contributed by atoms with Crippen LogP contribution in [0.25, 0.3) is 0 Å². The standard InChI is InChI=1S/C14H18BrN5O3/c1-4-19-8-11(13(18-19)14(22)23-3)16-12(21)5-6-20-7-10(15)9(2)17-20/h7-8H,4-6H2,1-3H3,(H,16,21). The molecule has 2 rings (SSSR count). The van der Waals surface area contributed by atoms with Crippen molar-refractivity contribution in [2.24, 2.45) is 0 Å². The lowest BCUT2D eigenvalue weighted by Gasteiger charge is -2.04. The number of aryl methyl sites for hydroxylation is 3. The van der Waals surface area contributed by atoms with Gasteiger partial charge in [-0.25, -0.2) is 4.79 Å². The Labute approximate surface area is 141 Å². The van der Waals surface area contributed by atoms with Gasteiger partial charge in [0, 0.05) is 31.9 Å². The SMILES string of the molecule is CCn1cc(NC(=O)CCn2cc(Br)c(C)n2)c(C(=O)OC)n1. The molecule has 0 atom stereocenters. The predicted octanol–water partition coefficient (Wildman–Crippen LogP) is 1.99. The number of aromatic nitrogens is 4. The van der Waals surface area contributed by atoms with E-state index in [1.54, 1.807) is 15.6 Å². The molecule has 0 aliphatic heterocycles. The molecule has 8 nitrogen and oxygen atoms in total. The van der Waals surface area contributed by atoms with E-state index >= 15 is 0 Å². The Morgan fingerprint density at radius 3 is 2.61 bits per heavy atom. The third kappa shape index (κ3) is 4.19. The van der Waals surface area contributed by atoms with Gasteiger partial charge in [0.05, 0.1) is 23.0 Å². The summed E-state index contributed by atoms with van der Waals surface area (Å²) < 4.78 is 8.83. The molecule has 23 heavy (non-hydrogen) atoms. The number of amides is 1. The van der Waals surface area contributed by atoms with Crippen molar-refractivity contribution in [3.8, 4) is 0 Å². The van der Waals surface area contributed by atoms with Gasteiger partial charge in [0.1, 0.15) is 0 Å². The van der Waals surface area contributed by atoms with E-state index in [1.165, 1.54) is 7.11 Å². The van der Waals surface area contributed by atoms with Crippen LogP contribution in [0.4, 0.5) is 5.69 Å².